The van der Waals surface area contributed by atoms with Crippen LogP contribution in [-0.4, -0.2) is 39.6 Å². The maximum atomic E-state index is 5.66. The van der Waals surface area contributed by atoms with E-state index in [0.717, 1.165) is 22.3 Å². The molecule has 0 N–H and O–H groups in total. The van der Waals surface area contributed by atoms with Crippen LogP contribution in [0.5, 0.6) is 0 Å². The quantitative estimate of drug-likeness (QED) is 0.590. The number of benzene rings is 1. The second kappa shape index (κ2) is 10.9. The third-order valence-corrected chi connectivity index (χ3v) is 3.53. The highest BCUT2D eigenvalue weighted by molar-refractivity contribution is 5.70. The highest BCUT2D eigenvalue weighted by atomic mass is 16.5. The third kappa shape index (κ3) is 7.20. The lowest BCUT2D eigenvalue weighted by Crippen LogP contribution is -2.11. The van der Waals surface area contributed by atoms with Crippen LogP contribution in [0.15, 0.2) is 36.8 Å². The number of rotatable bonds is 10. The molecule has 0 heterocycles. The molecule has 0 aromatic heterocycles. The molecule has 0 spiro atoms. The maximum Gasteiger partial charge on any atom is 0.118 e. The van der Waals surface area contributed by atoms with E-state index in [1.165, 1.54) is 0 Å². The van der Waals surface area contributed by atoms with Gasteiger partial charge in [-0.1, -0.05) is 18.2 Å². The van der Waals surface area contributed by atoms with Crippen LogP contribution >= 0.6 is 0 Å². The second-order valence-corrected chi connectivity index (χ2v) is 5.99. The first kappa shape index (κ1) is 20.3. The van der Waals surface area contributed by atoms with Crippen molar-refractivity contribution in [1.82, 2.24) is 0 Å². The van der Waals surface area contributed by atoms with Crippen molar-refractivity contribution < 1.29 is 18.9 Å². The van der Waals surface area contributed by atoms with Crippen LogP contribution in [0.2, 0.25) is 0 Å². The molecule has 0 radical (unpaired) electrons. The van der Waals surface area contributed by atoms with Gasteiger partial charge < -0.3 is 18.9 Å². The van der Waals surface area contributed by atoms with E-state index in [4.69, 9.17) is 18.9 Å². The highest BCUT2D eigenvalue weighted by Crippen LogP contribution is 2.21. The van der Waals surface area contributed by atoms with Crippen LogP contribution in [0.4, 0.5) is 0 Å². The molecular weight excluding hydrogens is 304 g/mol. The highest BCUT2D eigenvalue weighted by Gasteiger charge is 2.04. The van der Waals surface area contributed by atoms with Crippen LogP contribution in [0.3, 0.4) is 0 Å². The molecule has 0 bridgehead atoms. The zero-order valence-electron chi connectivity index (χ0n) is 15.7. The van der Waals surface area contributed by atoms with Crippen LogP contribution < -0.4 is 0 Å². The van der Waals surface area contributed by atoms with E-state index in [1.807, 2.05) is 33.8 Å². The summed E-state index contributed by atoms with van der Waals surface area (Å²) in [5, 5.41) is 0. The van der Waals surface area contributed by atoms with Gasteiger partial charge in [0.1, 0.15) is 12.2 Å². The normalized spacial score (nSPS) is 15.1. The van der Waals surface area contributed by atoms with Crippen LogP contribution in [0.1, 0.15) is 38.8 Å². The average molecular weight is 334 g/mol. The van der Waals surface area contributed by atoms with Crippen molar-refractivity contribution in [3.8, 4) is 0 Å². The topological polar surface area (TPSA) is 36.9 Å². The first-order valence-electron chi connectivity index (χ1n) is 8.21. The Morgan fingerprint density at radius 3 is 1.67 bits per heavy atom. The molecular formula is C20H30O4. The van der Waals surface area contributed by atoms with Gasteiger partial charge in [-0.15, -0.1) is 0 Å². The monoisotopic (exact) mass is 334 g/mol. The van der Waals surface area contributed by atoms with Crippen molar-refractivity contribution in [1.29, 1.82) is 0 Å². The van der Waals surface area contributed by atoms with E-state index in [2.05, 4.69) is 18.2 Å². The summed E-state index contributed by atoms with van der Waals surface area (Å²) in [6.07, 6.45) is 3.65. The Balaban J connectivity index is 2.78. The van der Waals surface area contributed by atoms with Gasteiger partial charge in [0, 0.05) is 14.2 Å². The van der Waals surface area contributed by atoms with E-state index in [1.54, 1.807) is 26.7 Å². The van der Waals surface area contributed by atoms with E-state index < -0.39 is 0 Å². The lowest BCUT2D eigenvalue weighted by molar-refractivity contribution is 0.0638. The molecule has 0 saturated carbocycles. The molecule has 1 rings (SSSR count). The second-order valence-electron chi connectivity index (χ2n) is 5.99. The smallest absolute Gasteiger partial charge is 0.118 e. The van der Waals surface area contributed by atoms with Crippen molar-refractivity contribution >= 4 is 11.1 Å². The first-order chi connectivity index (χ1) is 11.5. The average Bonchev–Trinajstić information content (AvgIpc) is 2.58. The van der Waals surface area contributed by atoms with Crippen molar-refractivity contribution in [3.63, 3.8) is 0 Å². The van der Waals surface area contributed by atoms with Gasteiger partial charge >= 0.3 is 0 Å². The molecule has 2 unspecified atom stereocenters. The summed E-state index contributed by atoms with van der Waals surface area (Å²) in [4.78, 5) is 0. The van der Waals surface area contributed by atoms with Gasteiger partial charge in [0.2, 0.25) is 0 Å². The molecule has 0 fully saturated rings. The maximum absolute atomic E-state index is 5.66. The largest absolute Gasteiger partial charge is 0.496 e. The van der Waals surface area contributed by atoms with E-state index in [9.17, 15) is 0 Å². The molecule has 4 heteroatoms. The number of allylic oxidation sites excluding steroid dienone is 2. The molecule has 2 atom stereocenters. The predicted molar refractivity (Wildman–Crippen MR) is 98.6 cm³/mol. The van der Waals surface area contributed by atoms with Crippen molar-refractivity contribution in [2.45, 2.75) is 39.9 Å². The van der Waals surface area contributed by atoms with E-state index in [-0.39, 0.29) is 12.2 Å². The SMILES string of the molecule is COCC(C)O/C=C(\C)c1cccc(/C(C)=C/OC(C)COC)c1. The fourth-order valence-electron chi connectivity index (χ4n) is 2.13. The van der Waals surface area contributed by atoms with Gasteiger partial charge in [0.25, 0.3) is 0 Å². The van der Waals surface area contributed by atoms with Crippen LogP contribution in [0, 0.1) is 0 Å². The fourth-order valence-corrected chi connectivity index (χ4v) is 2.13. The molecule has 0 saturated heterocycles. The Morgan fingerprint density at radius 2 is 1.29 bits per heavy atom. The van der Waals surface area contributed by atoms with Gasteiger partial charge in [-0.25, -0.2) is 0 Å². The van der Waals surface area contributed by atoms with Crippen molar-refractivity contribution in [2.75, 3.05) is 27.4 Å². The molecule has 1 aromatic carbocycles. The summed E-state index contributed by atoms with van der Waals surface area (Å²) in [6, 6.07) is 8.31. The molecule has 134 valence electrons. The zero-order chi connectivity index (χ0) is 17.9. The molecule has 0 aliphatic heterocycles. The van der Waals surface area contributed by atoms with Gasteiger partial charge in [0.05, 0.1) is 25.7 Å². The van der Waals surface area contributed by atoms with Gasteiger partial charge in [-0.05, 0) is 56.0 Å². The number of ether oxygens (including phenoxy) is 4. The van der Waals surface area contributed by atoms with E-state index in [0.29, 0.717) is 13.2 Å². The number of methoxy groups -OCH3 is 2. The standard InChI is InChI=1S/C20H30O4/c1-15(11-23-17(3)13-21-5)19-8-7-9-20(10-19)16(2)12-24-18(4)14-22-6/h7-12,17-18H,13-14H2,1-6H3/b15-11+,16-12+. The van der Waals surface area contributed by atoms with Gasteiger partial charge in [-0.3, -0.25) is 0 Å². The summed E-state index contributed by atoms with van der Waals surface area (Å²) in [5.41, 5.74) is 4.38. The van der Waals surface area contributed by atoms with Crippen molar-refractivity contribution in [3.05, 3.63) is 47.9 Å². The predicted octanol–water partition coefficient (Wildman–Crippen LogP) is 4.51. The molecule has 0 aliphatic carbocycles. The summed E-state index contributed by atoms with van der Waals surface area (Å²) in [7, 11) is 3.34. The van der Waals surface area contributed by atoms with Gasteiger partial charge in [0.15, 0.2) is 0 Å². The minimum Gasteiger partial charge on any atom is -0.496 e. The van der Waals surface area contributed by atoms with Crippen molar-refractivity contribution in [2.24, 2.45) is 0 Å². The summed E-state index contributed by atoms with van der Waals surface area (Å²) in [5.74, 6) is 0. The molecule has 0 aliphatic rings. The summed E-state index contributed by atoms with van der Waals surface area (Å²) < 4.78 is 21.5. The summed E-state index contributed by atoms with van der Waals surface area (Å²) in [6.45, 7) is 9.18. The molecule has 4 nitrogen and oxygen atoms in total. The van der Waals surface area contributed by atoms with Gasteiger partial charge in [-0.2, -0.15) is 0 Å². The lowest BCUT2D eigenvalue weighted by Gasteiger charge is -2.13. The minimum absolute atomic E-state index is 0.0328. The number of hydrogen-bond donors (Lipinski definition) is 0. The van der Waals surface area contributed by atoms with Crippen LogP contribution in [-0.2, 0) is 18.9 Å². The minimum atomic E-state index is 0.0328. The van der Waals surface area contributed by atoms with Crippen LogP contribution in [0.25, 0.3) is 11.1 Å². The van der Waals surface area contributed by atoms with E-state index >= 15 is 0 Å². The Morgan fingerprint density at radius 1 is 0.875 bits per heavy atom. The third-order valence-electron chi connectivity index (χ3n) is 3.53. The Bertz CT molecular complexity index is 503. The molecule has 24 heavy (non-hydrogen) atoms. The Hall–Kier alpha value is -1.78. The first-order valence-corrected chi connectivity index (χ1v) is 8.21. The fraction of sp³-hybridized carbons (Fsp3) is 0.500. The lowest BCUT2D eigenvalue weighted by atomic mass is 10.0. The Labute approximate surface area is 146 Å². The summed E-state index contributed by atoms with van der Waals surface area (Å²) >= 11 is 0. The zero-order valence-corrected chi connectivity index (χ0v) is 15.7. The number of hydrogen-bond acceptors (Lipinski definition) is 4. The molecule has 0 amide bonds. The Kier molecular flexibility index (Phi) is 9.20. The molecule has 1 aromatic rings.